The molecule has 1 heterocycles. The zero-order valence-electron chi connectivity index (χ0n) is 22.5. The van der Waals surface area contributed by atoms with Crippen LogP contribution in [0.4, 0.5) is 13.2 Å². The van der Waals surface area contributed by atoms with Crippen LogP contribution in [-0.4, -0.2) is 36.1 Å². The highest BCUT2D eigenvalue weighted by Crippen LogP contribution is 2.46. The summed E-state index contributed by atoms with van der Waals surface area (Å²) in [7, 11) is 2.98. The minimum Gasteiger partial charge on any atom is -0.496 e. The Labute approximate surface area is 221 Å². The van der Waals surface area contributed by atoms with Crippen molar-refractivity contribution in [3.8, 4) is 11.5 Å². The van der Waals surface area contributed by atoms with E-state index >= 15 is 0 Å². The third-order valence-electron chi connectivity index (χ3n) is 7.24. The van der Waals surface area contributed by atoms with Gasteiger partial charge in [0, 0.05) is 24.9 Å². The van der Waals surface area contributed by atoms with E-state index in [1.54, 1.807) is 19.2 Å². The molecule has 0 unspecified atom stereocenters. The number of carbonyl (C=O) groups is 1. The van der Waals surface area contributed by atoms with Crippen LogP contribution < -0.4 is 9.47 Å². The van der Waals surface area contributed by atoms with Crippen molar-refractivity contribution < 1.29 is 32.2 Å². The van der Waals surface area contributed by atoms with Gasteiger partial charge < -0.3 is 18.8 Å². The number of hydrogen-bond acceptors (Lipinski definition) is 5. The number of ether oxygens (including phenoxy) is 3. The molecule has 1 aliphatic carbocycles. The van der Waals surface area contributed by atoms with E-state index in [0.29, 0.717) is 24.5 Å². The minimum absolute atomic E-state index is 0.164. The summed E-state index contributed by atoms with van der Waals surface area (Å²) in [6, 6.07) is 10.1. The van der Waals surface area contributed by atoms with Crippen molar-refractivity contribution in [2.75, 3.05) is 14.2 Å². The molecule has 38 heavy (non-hydrogen) atoms. The largest absolute Gasteiger partial charge is 0.573 e. The molecule has 0 aliphatic heterocycles. The minimum atomic E-state index is -4.73. The number of rotatable bonds is 8. The number of halogens is 3. The van der Waals surface area contributed by atoms with Gasteiger partial charge in [-0.15, -0.1) is 13.2 Å². The molecule has 4 rings (SSSR count). The van der Waals surface area contributed by atoms with Gasteiger partial charge in [0.15, 0.2) is 0 Å². The number of esters is 1. The molecule has 1 aliphatic rings. The highest BCUT2D eigenvalue weighted by molar-refractivity contribution is 5.80. The monoisotopic (exact) mass is 532 g/mol. The SMILES string of the molecule is COC(=O)CCc1cc2nc(Cc3ccc(OC(F)(F)F)cc3)n([C@@H]3C[C@H](C)CC(C)(C)C3)c2cc1OC. The summed E-state index contributed by atoms with van der Waals surface area (Å²) in [6.07, 6.45) is -0.453. The van der Waals surface area contributed by atoms with Gasteiger partial charge in [-0.05, 0) is 66.3 Å². The van der Waals surface area contributed by atoms with Crippen LogP contribution in [0.3, 0.4) is 0 Å². The summed E-state index contributed by atoms with van der Waals surface area (Å²) in [5, 5.41) is 0. The van der Waals surface area contributed by atoms with Gasteiger partial charge in [0.2, 0.25) is 0 Å². The molecule has 1 saturated carbocycles. The molecule has 3 aromatic rings. The number of aryl methyl sites for hydroxylation is 1. The van der Waals surface area contributed by atoms with Gasteiger partial charge in [-0.2, -0.15) is 0 Å². The Morgan fingerprint density at radius 3 is 2.45 bits per heavy atom. The molecule has 206 valence electrons. The van der Waals surface area contributed by atoms with Gasteiger partial charge in [-0.25, -0.2) is 4.98 Å². The molecule has 2 aromatic carbocycles. The number of aromatic nitrogens is 2. The van der Waals surface area contributed by atoms with Crippen LogP contribution in [0.2, 0.25) is 0 Å². The van der Waals surface area contributed by atoms with E-state index in [1.165, 1.54) is 19.2 Å². The summed E-state index contributed by atoms with van der Waals surface area (Å²) in [6.45, 7) is 6.86. The molecule has 6 nitrogen and oxygen atoms in total. The lowest BCUT2D eigenvalue weighted by Crippen LogP contribution is -2.30. The highest BCUT2D eigenvalue weighted by Gasteiger charge is 2.35. The number of nitrogens with zero attached hydrogens (tertiary/aromatic N) is 2. The van der Waals surface area contributed by atoms with Gasteiger partial charge in [-0.3, -0.25) is 4.79 Å². The fourth-order valence-corrected chi connectivity index (χ4v) is 5.96. The summed E-state index contributed by atoms with van der Waals surface area (Å²) in [4.78, 5) is 16.8. The van der Waals surface area contributed by atoms with Crippen molar-refractivity contribution in [2.45, 2.75) is 71.7 Å². The first kappa shape index (κ1) is 27.8. The third-order valence-corrected chi connectivity index (χ3v) is 7.24. The smallest absolute Gasteiger partial charge is 0.496 e. The van der Waals surface area contributed by atoms with Crippen molar-refractivity contribution in [1.82, 2.24) is 9.55 Å². The molecule has 0 radical (unpaired) electrons. The Bertz CT molecular complexity index is 1280. The number of hydrogen-bond donors (Lipinski definition) is 0. The van der Waals surface area contributed by atoms with E-state index < -0.39 is 6.36 Å². The van der Waals surface area contributed by atoms with E-state index in [0.717, 1.165) is 47.2 Å². The van der Waals surface area contributed by atoms with Gasteiger partial charge in [0.25, 0.3) is 0 Å². The lowest BCUT2D eigenvalue weighted by Gasteiger charge is -2.40. The van der Waals surface area contributed by atoms with Gasteiger partial charge in [0.05, 0.1) is 25.3 Å². The lowest BCUT2D eigenvalue weighted by molar-refractivity contribution is -0.274. The van der Waals surface area contributed by atoms with E-state index in [2.05, 4.69) is 30.1 Å². The zero-order valence-corrected chi connectivity index (χ0v) is 22.5. The quantitative estimate of drug-likeness (QED) is 0.292. The third kappa shape index (κ3) is 6.60. The maximum Gasteiger partial charge on any atom is 0.573 e. The maximum atomic E-state index is 12.6. The van der Waals surface area contributed by atoms with E-state index in [-0.39, 0.29) is 29.6 Å². The number of imidazole rings is 1. The number of alkyl halides is 3. The van der Waals surface area contributed by atoms with Crippen LogP contribution in [0.5, 0.6) is 11.5 Å². The van der Waals surface area contributed by atoms with E-state index in [9.17, 15) is 18.0 Å². The van der Waals surface area contributed by atoms with Crippen LogP contribution >= 0.6 is 0 Å². The van der Waals surface area contributed by atoms with Crippen LogP contribution in [0.25, 0.3) is 11.0 Å². The van der Waals surface area contributed by atoms with Crippen molar-refractivity contribution in [1.29, 1.82) is 0 Å². The van der Waals surface area contributed by atoms with Crippen LogP contribution in [0, 0.1) is 11.3 Å². The molecule has 9 heteroatoms. The summed E-state index contributed by atoms with van der Waals surface area (Å²) in [5.41, 5.74) is 3.61. The summed E-state index contributed by atoms with van der Waals surface area (Å²) < 4.78 is 54.6. The number of methoxy groups -OCH3 is 2. The fourth-order valence-electron chi connectivity index (χ4n) is 5.96. The summed E-state index contributed by atoms with van der Waals surface area (Å²) >= 11 is 0. The van der Waals surface area contributed by atoms with Crippen LogP contribution in [0.15, 0.2) is 36.4 Å². The highest BCUT2D eigenvalue weighted by atomic mass is 19.4. The molecule has 0 bridgehead atoms. The number of carbonyl (C=O) groups excluding carboxylic acids is 1. The first-order chi connectivity index (χ1) is 17.9. The second kappa shape index (κ2) is 10.9. The molecule has 2 atom stereocenters. The Kier molecular flexibility index (Phi) is 7.95. The fraction of sp³-hybridized carbons (Fsp3) is 0.517. The Morgan fingerprint density at radius 1 is 1.13 bits per heavy atom. The molecule has 0 spiro atoms. The zero-order chi connectivity index (χ0) is 27.7. The first-order valence-electron chi connectivity index (χ1n) is 12.9. The molecule has 0 amide bonds. The Hall–Kier alpha value is -3.23. The molecule has 0 N–H and O–H groups in total. The van der Waals surface area contributed by atoms with Gasteiger partial charge in [0.1, 0.15) is 17.3 Å². The summed E-state index contributed by atoms with van der Waals surface area (Å²) in [5.74, 6) is 1.51. The topological polar surface area (TPSA) is 62.6 Å². The van der Waals surface area contributed by atoms with Crippen molar-refractivity contribution >= 4 is 17.0 Å². The van der Waals surface area contributed by atoms with Crippen LogP contribution in [0.1, 0.15) is 69.4 Å². The molecule has 1 aromatic heterocycles. The average Bonchev–Trinajstić information content (AvgIpc) is 3.17. The lowest BCUT2D eigenvalue weighted by atomic mass is 9.70. The maximum absolute atomic E-state index is 12.6. The van der Waals surface area contributed by atoms with Gasteiger partial charge >= 0.3 is 12.3 Å². The van der Waals surface area contributed by atoms with Crippen LogP contribution in [-0.2, 0) is 22.4 Å². The Balaban J connectivity index is 1.76. The van der Waals surface area contributed by atoms with Gasteiger partial charge in [-0.1, -0.05) is 32.9 Å². The van der Waals surface area contributed by atoms with E-state index in [4.69, 9.17) is 14.5 Å². The predicted octanol–water partition coefficient (Wildman–Crippen LogP) is 7.03. The average molecular weight is 533 g/mol. The molecule has 1 fully saturated rings. The normalized spacial score (nSPS) is 19.4. The predicted molar refractivity (Wildman–Crippen MR) is 138 cm³/mol. The van der Waals surface area contributed by atoms with Crippen molar-refractivity contribution in [3.05, 3.63) is 53.3 Å². The standard InChI is InChI=1S/C29H35F3N2O4/c1-18-12-21(17-28(2,3)16-18)34-24-15-25(36-4)20(8-11-27(35)37-5)14-23(24)33-26(34)13-19-6-9-22(10-7-19)38-29(30,31)32/h6-7,9-10,14-15,18,21H,8,11-13,16-17H2,1-5H3/t18-,21+/m0/s1. The second-order valence-corrected chi connectivity index (χ2v) is 11.1. The van der Waals surface area contributed by atoms with Crippen molar-refractivity contribution in [3.63, 3.8) is 0 Å². The van der Waals surface area contributed by atoms with Crippen molar-refractivity contribution in [2.24, 2.45) is 11.3 Å². The second-order valence-electron chi connectivity index (χ2n) is 11.1. The Morgan fingerprint density at radius 2 is 1.84 bits per heavy atom. The molecular weight excluding hydrogens is 497 g/mol. The number of benzene rings is 2. The first-order valence-corrected chi connectivity index (χ1v) is 12.9. The number of fused-ring (bicyclic) bond motifs is 1. The van der Waals surface area contributed by atoms with E-state index in [1.807, 2.05) is 12.1 Å². The molecular formula is C29H35F3N2O4. The molecule has 0 saturated heterocycles.